The molecule has 0 fully saturated rings. The standard InChI is InChI=1S/C16H17BrO/c1-2-3-16(12-4-8-14(17)9-5-12)13-6-10-15(18)11-7-13/h4-11,16,18H,2-3H2,1H3. The summed E-state index contributed by atoms with van der Waals surface area (Å²) in [5.41, 5.74) is 2.59. The molecule has 0 heterocycles. The van der Waals surface area contributed by atoms with Crippen molar-refractivity contribution in [3.8, 4) is 5.75 Å². The molecule has 1 N–H and O–H groups in total. The quantitative estimate of drug-likeness (QED) is 0.834. The molecule has 2 rings (SSSR count). The second-order valence-electron chi connectivity index (χ2n) is 4.48. The van der Waals surface area contributed by atoms with Crippen LogP contribution in [0, 0.1) is 0 Å². The highest BCUT2D eigenvalue weighted by Gasteiger charge is 2.13. The van der Waals surface area contributed by atoms with Gasteiger partial charge in [0.05, 0.1) is 0 Å². The Balaban J connectivity index is 2.33. The van der Waals surface area contributed by atoms with Gasteiger partial charge in [0.25, 0.3) is 0 Å². The molecule has 0 bridgehead atoms. The van der Waals surface area contributed by atoms with Gasteiger partial charge < -0.3 is 5.11 Å². The van der Waals surface area contributed by atoms with E-state index in [-0.39, 0.29) is 0 Å². The van der Waals surface area contributed by atoms with Gasteiger partial charge in [0.15, 0.2) is 0 Å². The van der Waals surface area contributed by atoms with E-state index in [9.17, 15) is 5.11 Å². The summed E-state index contributed by atoms with van der Waals surface area (Å²) in [5.74, 6) is 0.730. The average molecular weight is 305 g/mol. The molecule has 1 nitrogen and oxygen atoms in total. The summed E-state index contributed by atoms with van der Waals surface area (Å²) in [5, 5.41) is 9.37. The van der Waals surface area contributed by atoms with E-state index >= 15 is 0 Å². The lowest BCUT2D eigenvalue weighted by atomic mass is 9.88. The Labute approximate surface area is 117 Å². The zero-order valence-electron chi connectivity index (χ0n) is 10.4. The average Bonchev–Trinajstić information content (AvgIpc) is 2.39. The fourth-order valence-corrected chi connectivity index (χ4v) is 2.48. The number of phenolic OH excluding ortho intramolecular Hbond substituents is 1. The van der Waals surface area contributed by atoms with Crippen molar-refractivity contribution in [2.45, 2.75) is 25.7 Å². The Morgan fingerprint density at radius 3 is 1.94 bits per heavy atom. The lowest BCUT2D eigenvalue weighted by Gasteiger charge is -2.17. The van der Waals surface area contributed by atoms with Gasteiger partial charge in [0, 0.05) is 10.4 Å². The van der Waals surface area contributed by atoms with Crippen LogP contribution in [-0.2, 0) is 0 Å². The topological polar surface area (TPSA) is 20.2 Å². The van der Waals surface area contributed by atoms with Gasteiger partial charge in [0.1, 0.15) is 5.75 Å². The van der Waals surface area contributed by atoms with Gasteiger partial charge in [0.2, 0.25) is 0 Å². The Kier molecular flexibility index (Phi) is 4.43. The lowest BCUT2D eigenvalue weighted by molar-refractivity contribution is 0.475. The molecule has 0 spiro atoms. The smallest absolute Gasteiger partial charge is 0.115 e. The van der Waals surface area contributed by atoms with Gasteiger partial charge in [-0.05, 0) is 41.8 Å². The fourth-order valence-electron chi connectivity index (χ4n) is 2.22. The normalized spacial score (nSPS) is 12.3. The Bertz CT molecular complexity index is 442. The third kappa shape index (κ3) is 3.14. The Morgan fingerprint density at radius 2 is 1.44 bits per heavy atom. The summed E-state index contributed by atoms with van der Waals surface area (Å²) in [6.45, 7) is 2.20. The molecule has 2 aromatic rings. The van der Waals surface area contributed by atoms with Gasteiger partial charge in [-0.3, -0.25) is 0 Å². The van der Waals surface area contributed by atoms with Crippen molar-refractivity contribution < 1.29 is 5.11 Å². The van der Waals surface area contributed by atoms with Crippen molar-refractivity contribution >= 4 is 15.9 Å². The predicted molar refractivity (Wildman–Crippen MR) is 79.0 cm³/mol. The molecule has 0 aliphatic carbocycles. The van der Waals surface area contributed by atoms with E-state index in [0.717, 1.165) is 17.3 Å². The van der Waals surface area contributed by atoms with E-state index in [4.69, 9.17) is 0 Å². The number of benzene rings is 2. The number of hydrogen-bond acceptors (Lipinski definition) is 1. The van der Waals surface area contributed by atoms with Crippen LogP contribution in [0.2, 0.25) is 0 Å². The second-order valence-corrected chi connectivity index (χ2v) is 5.40. The highest BCUT2D eigenvalue weighted by molar-refractivity contribution is 9.10. The predicted octanol–water partition coefficient (Wildman–Crippen LogP) is 5.09. The molecular weight excluding hydrogens is 288 g/mol. The summed E-state index contributed by atoms with van der Waals surface area (Å²) in [6, 6.07) is 16.0. The Morgan fingerprint density at radius 1 is 0.944 bits per heavy atom. The number of hydrogen-bond donors (Lipinski definition) is 1. The van der Waals surface area contributed by atoms with E-state index in [2.05, 4.69) is 47.1 Å². The van der Waals surface area contributed by atoms with E-state index in [1.807, 2.05) is 12.1 Å². The molecule has 0 aromatic heterocycles. The first-order valence-corrected chi connectivity index (χ1v) is 7.04. The summed E-state index contributed by atoms with van der Waals surface area (Å²) in [4.78, 5) is 0. The van der Waals surface area contributed by atoms with Gasteiger partial charge >= 0.3 is 0 Å². The highest BCUT2D eigenvalue weighted by Crippen LogP contribution is 2.30. The largest absolute Gasteiger partial charge is 0.508 e. The number of phenols is 1. The molecule has 94 valence electrons. The fraction of sp³-hybridized carbons (Fsp3) is 0.250. The number of halogens is 1. The van der Waals surface area contributed by atoms with E-state index in [0.29, 0.717) is 11.7 Å². The maximum Gasteiger partial charge on any atom is 0.115 e. The first kappa shape index (κ1) is 13.2. The molecule has 0 amide bonds. The molecule has 0 saturated heterocycles. The molecule has 2 aromatic carbocycles. The van der Waals surface area contributed by atoms with Gasteiger partial charge in [-0.2, -0.15) is 0 Å². The summed E-state index contributed by atoms with van der Waals surface area (Å²) < 4.78 is 1.10. The van der Waals surface area contributed by atoms with E-state index in [1.165, 1.54) is 11.1 Å². The zero-order valence-corrected chi connectivity index (χ0v) is 12.0. The van der Waals surface area contributed by atoms with Crippen LogP contribution in [0.15, 0.2) is 53.0 Å². The zero-order chi connectivity index (χ0) is 13.0. The van der Waals surface area contributed by atoms with Crippen LogP contribution in [0.5, 0.6) is 5.75 Å². The SMILES string of the molecule is CCCC(c1ccc(O)cc1)c1ccc(Br)cc1. The van der Waals surface area contributed by atoms with Crippen molar-refractivity contribution in [2.24, 2.45) is 0 Å². The Hall–Kier alpha value is -1.28. The summed E-state index contributed by atoms with van der Waals surface area (Å²) in [6.07, 6.45) is 2.26. The first-order chi connectivity index (χ1) is 8.70. The van der Waals surface area contributed by atoms with Crippen LogP contribution < -0.4 is 0 Å². The van der Waals surface area contributed by atoms with Gasteiger partial charge in [-0.25, -0.2) is 0 Å². The summed E-state index contributed by atoms with van der Waals surface area (Å²) in [7, 11) is 0. The molecule has 1 atom stereocenters. The van der Waals surface area contributed by atoms with Crippen molar-refractivity contribution in [3.05, 3.63) is 64.1 Å². The lowest BCUT2D eigenvalue weighted by Crippen LogP contribution is -2.00. The molecule has 1 unspecified atom stereocenters. The van der Waals surface area contributed by atoms with Crippen molar-refractivity contribution in [1.82, 2.24) is 0 Å². The number of rotatable bonds is 4. The third-order valence-corrected chi connectivity index (χ3v) is 3.67. The number of aromatic hydroxyl groups is 1. The van der Waals surface area contributed by atoms with Crippen LogP contribution in [0.3, 0.4) is 0 Å². The van der Waals surface area contributed by atoms with E-state index < -0.39 is 0 Å². The van der Waals surface area contributed by atoms with Crippen LogP contribution in [0.1, 0.15) is 36.8 Å². The molecular formula is C16H17BrO. The minimum Gasteiger partial charge on any atom is -0.508 e. The van der Waals surface area contributed by atoms with Crippen molar-refractivity contribution in [3.63, 3.8) is 0 Å². The molecule has 2 heteroatoms. The molecule has 0 aliphatic rings. The minimum absolute atomic E-state index is 0.324. The molecule has 0 aliphatic heterocycles. The maximum absolute atomic E-state index is 9.37. The molecule has 0 saturated carbocycles. The first-order valence-electron chi connectivity index (χ1n) is 6.25. The van der Waals surface area contributed by atoms with Gasteiger partial charge in [-0.1, -0.05) is 53.5 Å². The minimum atomic E-state index is 0.324. The van der Waals surface area contributed by atoms with E-state index in [1.54, 1.807) is 12.1 Å². The van der Waals surface area contributed by atoms with Crippen LogP contribution in [0.4, 0.5) is 0 Å². The maximum atomic E-state index is 9.37. The monoisotopic (exact) mass is 304 g/mol. The van der Waals surface area contributed by atoms with Crippen molar-refractivity contribution in [2.75, 3.05) is 0 Å². The second kappa shape index (κ2) is 6.05. The molecule has 0 radical (unpaired) electrons. The van der Waals surface area contributed by atoms with Crippen LogP contribution in [0.25, 0.3) is 0 Å². The highest BCUT2D eigenvalue weighted by atomic mass is 79.9. The van der Waals surface area contributed by atoms with Crippen LogP contribution >= 0.6 is 15.9 Å². The molecule has 18 heavy (non-hydrogen) atoms. The summed E-state index contributed by atoms with van der Waals surface area (Å²) >= 11 is 3.47. The van der Waals surface area contributed by atoms with Gasteiger partial charge in [-0.15, -0.1) is 0 Å². The third-order valence-electron chi connectivity index (χ3n) is 3.15. The van der Waals surface area contributed by atoms with Crippen LogP contribution in [-0.4, -0.2) is 5.11 Å². The van der Waals surface area contributed by atoms with Crippen molar-refractivity contribution in [1.29, 1.82) is 0 Å².